The van der Waals surface area contributed by atoms with Crippen molar-refractivity contribution in [1.29, 1.82) is 0 Å². The minimum Gasteiger partial charge on any atom is -0.377 e. The molecule has 0 radical (unpaired) electrons. The van der Waals surface area contributed by atoms with Gasteiger partial charge < -0.3 is 20.7 Å². The van der Waals surface area contributed by atoms with Crippen LogP contribution in [0.2, 0.25) is 0 Å². The number of rotatable bonds is 7. The van der Waals surface area contributed by atoms with Crippen LogP contribution < -0.4 is 16.0 Å². The van der Waals surface area contributed by atoms with Crippen molar-refractivity contribution < 1.29 is 17.9 Å². The van der Waals surface area contributed by atoms with Crippen LogP contribution >= 0.6 is 0 Å². The van der Waals surface area contributed by atoms with E-state index in [0.29, 0.717) is 48.4 Å². The molecule has 1 saturated carbocycles. The van der Waals surface area contributed by atoms with Gasteiger partial charge in [0.15, 0.2) is 5.82 Å². The smallest absolute Gasteiger partial charge is 0.296 e. The summed E-state index contributed by atoms with van der Waals surface area (Å²) in [7, 11) is 0. The van der Waals surface area contributed by atoms with Crippen molar-refractivity contribution >= 4 is 22.8 Å². The molecular weight excluding hydrogens is 459 g/mol. The maximum absolute atomic E-state index is 14.0. The van der Waals surface area contributed by atoms with Crippen molar-refractivity contribution in [2.24, 2.45) is 11.7 Å². The molecule has 1 aromatic carbocycles. The molecule has 0 bridgehead atoms. The molecule has 1 aliphatic carbocycles. The van der Waals surface area contributed by atoms with E-state index in [0.717, 1.165) is 25.7 Å². The average Bonchev–Trinajstić information content (AvgIpc) is 3.28. The largest absolute Gasteiger partial charge is 0.377 e. The van der Waals surface area contributed by atoms with Crippen LogP contribution in [0.3, 0.4) is 0 Å². The van der Waals surface area contributed by atoms with Gasteiger partial charge in [-0.1, -0.05) is 12.1 Å². The Hall–Kier alpha value is -2.92. The molecule has 5 rings (SSSR count). The first-order valence-electron chi connectivity index (χ1n) is 12.1. The monoisotopic (exact) mass is 489 g/mol. The Morgan fingerprint density at radius 1 is 1.09 bits per heavy atom. The highest BCUT2D eigenvalue weighted by molar-refractivity contribution is 5.78. The van der Waals surface area contributed by atoms with Crippen molar-refractivity contribution in [2.75, 3.05) is 43.2 Å². The molecule has 0 amide bonds. The third-order valence-corrected chi connectivity index (χ3v) is 6.85. The molecule has 3 aromatic rings. The van der Waals surface area contributed by atoms with E-state index in [9.17, 15) is 13.2 Å². The highest BCUT2D eigenvalue weighted by Crippen LogP contribution is 2.30. The van der Waals surface area contributed by atoms with Crippen LogP contribution in [0.15, 0.2) is 30.3 Å². The Labute approximate surface area is 201 Å². The number of alkyl halides is 3. The van der Waals surface area contributed by atoms with Crippen LogP contribution in [-0.4, -0.2) is 64.6 Å². The van der Waals surface area contributed by atoms with Crippen molar-refractivity contribution in [3.05, 3.63) is 36.2 Å². The van der Waals surface area contributed by atoms with E-state index in [1.54, 1.807) is 30.3 Å². The number of benzene rings is 1. The highest BCUT2D eigenvalue weighted by Gasteiger charge is 2.27. The zero-order valence-electron chi connectivity index (χ0n) is 19.4. The molecule has 11 heteroatoms. The molecule has 2 fully saturated rings. The Bertz CT molecular complexity index is 1150. The number of halogens is 3. The number of nitrogens with two attached hydrogens (primary N) is 1. The summed E-state index contributed by atoms with van der Waals surface area (Å²) in [5.74, 6) is 1.07. The van der Waals surface area contributed by atoms with Crippen molar-refractivity contribution in [2.45, 2.75) is 44.2 Å². The fraction of sp³-hybridized carbons (Fsp3) is 0.542. The van der Waals surface area contributed by atoms with Gasteiger partial charge in [0.25, 0.3) is 6.43 Å². The lowest BCUT2D eigenvalue weighted by molar-refractivity contribution is 0.0855. The molecule has 1 aliphatic heterocycles. The lowest BCUT2D eigenvalue weighted by Gasteiger charge is -2.35. The number of aromatic nitrogens is 4. The Morgan fingerprint density at radius 3 is 2.63 bits per heavy atom. The molecule has 35 heavy (non-hydrogen) atoms. The van der Waals surface area contributed by atoms with Gasteiger partial charge in [0.1, 0.15) is 18.3 Å². The maximum Gasteiger partial charge on any atom is 0.296 e. The topological polar surface area (TPSA) is 94.1 Å². The summed E-state index contributed by atoms with van der Waals surface area (Å²) in [5, 5.41) is 3.30. The lowest BCUT2D eigenvalue weighted by atomic mass is 9.86. The first-order chi connectivity index (χ1) is 17.0. The van der Waals surface area contributed by atoms with Crippen molar-refractivity contribution in [1.82, 2.24) is 19.5 Å². The minimum absolute atomic E-state index is 0.233. The van der Waals surface area contributed by atoms with Crippen LogP contribution in [-0.2, 0) is 4.74 Å². The molecule has 1 saturated heterocycles. The molecule has 2 aromatic heterocycles. The number of anilines is 2. The van der Waals surface area contributed by atoms with E-state index in [2.05, 4.69) is 20.3 Å². The maximum atomic E-state index is 14.0. The Kier molecular flexibility index (Phi) is 7.05. The zero-order valence-corrected chi connectivity index (χ0v) is 19.4. The third kappa shape index (κ3) is 5.06. The Morgan fingerprint density at radius 2 is 1.86 bits per heavy atom. The SMILES string of the molecule is N[C@H]1CC[C@H](CNc2nc(N3CCOC[C@@H]3CF)cc(-n3c(C(F)F)nc4ccccc43)n2)CC1. The van der Waals surface area contributed by atoms with E-state index >= 15 is 0 Å². The number of nitrogens with one attached hydrogen (secondary N) is 1. The summed E-state index contributed by atoms with van der Waals surface area (Å²) in [5.41, 5.74) is 6.99. The second kappa shape index (κ2) is 10.4. The van der Waals surface area contributed by atoms with Crippen molar-refractivity contribution in [3.8, 4) is 5.82 Å². The first kappa shape index (κ1) is 23.8. The molecule has 3 N–H and O–H groups in total. The molecular formula is C24H30F3N7O. The summed E-state index contributed by atoms with van der Waals surface area (Å²) in [6, 6.07) is 8.31. The van der Waals surface area contributed by atoms with E-state index in [4.69, 9.17) is 10.5 Å². The molecule has 188 valence electrons. The summed E-state index contributed by atoms with van der Waals surface area (Å²) < 4.78 is 48.6. The van der Waals surface area contributed by atoms with E-state index in [1.807, 2.05) is 4.90 Å². The second-order valence-corrected chi connectivity index (χ2v) is 9.24. The zero-order chi connectivity index (χ0) is 24.4. The fourth-order valence-electron chi connectivity index (χ4n) is 4.91. The van der Waals surface area contributed by atoms with E-state index in [1.165, 1.54) is 4.57 Å². The predicted molar refractivity (Wildman–Crippen MR) is 128 cm³/mol. The van der Waals surface area contributed by atoms with E-state index < -0.39 is 25.0 Å². The molecule has 2 aliphatic rings. The number of hydrogen-bond acceptors (Lipinski definition) is 7. The van der Waals surface area contributed by atoms with Crippen molar-refractivity contribution in [3.63, 3.8) is 0 Å². The highest BCUT2D eigenvalue weighted by atomic mass is 19.3. The quantitative estimate of drug-likeness (QED) is 0.521. The number of fused-ring (bicyclic) bond motifs is 1. The summed E-state index contributed by atoms with van der Waals surface area (Å²) in [6.45, 7) is 1.14. The van der Waals surface area contributed by atoms with Crippen LogP contribution in [0.5, 0.6) is 0 Å². The molecule has 8 nitrogen and oxygen atoms in total. The van der Waals surface area contributed by atoms with Crippen LogP contribution in [0.4, 0.5) is 24.9 Å². The van der Waals surface area contributed by atoms with Gasteiger partial charge in [0.05, 0.1) is 30.3 Å². The number of ether oxygens (including phenoxy) is 1. The lowest BCUT2D eigenvalue weighted by Crippen LogP contribution is -2.47. The Balaban J connectivity index is 1.55. The van der Waals surface area contributed by atoms with Gasteiger partial charge in [-0.25, -0.2) is 18.2 Å². The van der Waals surface area contributed by atoms with Crippen LogP contribution in [0.1, 0.15) is 37.9 Å². The summed E-state index contributed by atoms with van der Waals surface area (Å²) in [6.07, 6.45) is 1.17. The number of morpholine rings is 1. The van der Waals surface area contributed by atoms with Gasteiger partial charge in [-0.05, 0) is 43.7 Å². The van der Waals surface area contributed by atoms with Gasteiger partial charge in [0.2, 0.25) is 5.95 Å². The second-order valence-electron chi connectivity index (χ2n) is 9.24. The fourth-order valence-corrected chi connectivity index (χ4v) is 4.91. The number of para-hydroxylation sites is 2. The normalized spacial score (nSPS) is 23.2. The van der Waals surface area contributed by atoms with Gasteiger partial charge in [-0.15, -0.1) is 0 Å². The van der Waals surface area contributed by atoms with Crippen LogP contribution in [0, 0.1) is 5.92 Å². The third-order valence-electron chi connectivity index (χ3n) is 6.85. The number of hydrogen-bond donors (Lipinski definition) is 2. The van der Waals surface area contributed by atoms with Crippen LogP contribution in [0.25, 0.3) is 16.9 Å². The van der Waals surface area contributed by atoms with Gasteiger partial charge in [-0.2, -0.15) is 9.97 Å². The van der Waals surface area contributed by atoms with E-state index in [-0.39, 0.29) is 18.5 Å². The summed E-state index contributed by atoms with van der Waals surface area (Å²) in [4.78, 5) is 15.2. The van der Waals surface area contributed by atoms with Gasteiger partial charge in [-0.3, -0.25) is 4.57 Å². The molecule has 0 unspecified atom stereocenters. The predicted octanol–water partition coefficient (Wildman–Crippen LogP) is 3.86. The first-order valence-corrected chi connectivity index (χ1v) is 12.1. The van der Waals surface area contributed by atoms with Gasteiger partial charge >= 0.3 is 0 Å². The standard InChI is InChI=1S/C24H30F3N7O/c25-12-17-14-35-10-9-33(17)20-11-21(32-24(31-20)29-13-15-5-7-16(28)8-6-15)34-19-4-2-1-3-18(19)30-23(34)22(26)27/h1-4,11,15-17,22H,5-10,12-14,28H2,(H,29,31,32)/t15-,16-,17-/m0/s1. The number of nitrogens with zero attached hydrogens (tertiary/aromatic N) is 5. The minimum atomic E-state index is -2.80. The summed E-state index contributed by atoms with van der Waals surface area (Å²) >= 11 is 0. The molecule has 3 heterocycles. The number of imidazole rings is 1. The molecule has 0 spiro atoms. The molecule has 1 atom stereocenters. The van der Waals surface area contributed by atoms with Gasteiger partial charge in [0, 0.05) is 25.2 Å². The average molecular weight is 490 g/mol.